The van der Waals surface area contributed by atoms with Gasteiger partial charge in [0, 0.05) is 37.7 Å². The lowest BCUT2D eigenvalue weighted by Gasteiger charge is -2.33. The summed E-state index contributed by atoms with van der Waals surface area (Å²) in [5.74, 6) is 1.17. The maximum Gasteiger partial charge on any atom is 0.231 e. The van der Waals surface area contributed by atoms with Gasteiger partial charge in [-0.2, -0.15) is 5.26 Å². The van der Waals surface area contributed by atoms with Gasteiger partial charge in [0.2, 0.25) is 5.84 Å². The first-order chi connectivity index (χ1) is 11.6. The molecular formula is C19H22N4O. The van der Waals surface area contributed by atoms with Gasteiger partial charge in [-0.15, -0.1) is 0 Å². The lowest BCUT2D eigenvalue weighted by Crippen LogP contribution is -2.33. The third kappa shape index (κ3) is 3.24. The number of hydrogen-bond acceptors (Lipinski definition) is 4. The van der Waals surface area contributed by atoms with Crippen molar-refractivity contribution in [1.29, 1.82) is 5.26 Å². The summed E-state index contributed by atoms with van der Waals surface area (Å²) in [5.41, 5.74) is 4.72. The highest BCUT2D eigenvalue weighted by molar-refractivity contribution is 5.99. The third-order valence-electron chi connectivity index (χ3n) is 4.81. The van der Waals surface area contributed by atoms with Gasteiger partial charge < -0.3 is 4.74 Å². The molecule has 0 saturated carbocycles. The molecule has 0 bridgehead atoms. The molecule has 124 valence electrons. The molecule has 2 heterocycles. The second-order valence-corrected chi connectivity index (χ2v) is 6.29. The molecule has 2 aliphatic rings. The molecule has 0 aliphatic carbocycles. The molecule has 0 saturated heterocycles. The van der Waals surface area contributed by atoms with Crippen LogP contribution in [0.2, 0.25) is 0 Å². The number of nitriles is 1. The first kappa shape index (κ1) is 16.4. The Balaban J connectivity index is 1.76. The topological polar surface area (TPSA) is 61.0 Å². The van der Waals surface area contributed by atoms with Gasteiger partial charge in [-0.1, -0.05) is 12.1 Å². The molecule has 0 aromatic heterocycles. The summed E-state index contributed by atoms with van der Waals surface area (Å²) in [4.78, 5) is 10.4. The zero-order chi connectivity index (χ0) is 17.1. The van der Waals surface area contributed by atoms with E-state index in [-0.39, 0.29) is 5.84 Å². The van der Waals surface area contributed by atoms with Crippen LogP contribution in [-0.4, -0.2) is 37.1 Å². The summed E-state index contributed by atoms with van der Waals surface area (Å²) in [5, 5.41) is 8.95. The fourth-order valence-electron chi connectivity index (χ4n) is 3.30. The summed E-state index contributed by atoms with van der Waals surface area (Å²) in [7, 11) is 0. The number of fused-ring (bicyclic) bond motifs is 1. The Morgan fingerprint density at radius 2 is 2.25 bits per heavy atom. The molecule has 1 unspecified atom stereocenters. The molecule has 0 radical (unpaired) electrons. The van der Waals surface area contributed by atoms with Gasteiger partial charge in [-0.3, -0.25) is 4.90 Å². The van der Waals surface area contributed by atoms with Crippen molar-refractivity contribution in [2.24, 2.45) is 9.98 Å². The minimum atomic E-state index is 0.140. The van der Waals surface area contributed by atoms with Crippen LogP contribution in [0.4, 0.5) is 0 Å². The molecule has 0 N–H and O–H groups in total. The Morgan fingerprint density at radius 3 is 2.96 bits per heavy atom. The van der Waals surface area contributed by atoms with Gasteiger partial charge in [-0.05, 0) is 43.3 Å². The highest BCUT2D eigenvalue weighted by Gasteiger charge is 2.23. The molecule has 2 aliphatic heterocycles. The standard InChI is InChI=1S/C19H22N4O/c1-13-12-23(8-6-17(13)22-19(11-20)21-3)14(2)16-5-4-15-7-9-24-18(15)10-16/h4-5,10,14H,3,6-9,12H2,1-2H3. The Hall–Kier alpha value is -2.45. The van der Waals surface area contributed by atoms with E-state index in [1.165, 1.54) is 16.7 Å². The molecule has 1 aromatic rings. The molecule has 0 amide bonds. The summed E-state index contributed by atoms with van der Waals surface area (Å²) in [6.45, 7) is 10.2. The first-order valence-corrected chi connectivity index (χ1v) is 8.26. The highest BCUT2D eigenvalue weighted by atomic mass is 16.5. The Kier molecular flexibility index (Phi) is 4.77. The Bertz CT molecular complexity index is 757. The van der Waals surface area contributed by atoms with E-state index < -0.39 is 0 Å². The lowest BCUT2D eigenvalue weighted by molar-refractivity contribution is 0.219. The minimum absolute atomic E-state index is 0.140. The number of amidine groups is 1. The van der Waals surface area contributed by atoms with Crippen LogP contribution in [0.25, 0.3) is 0 Å². The second-order valence-electron chi connectivity index (χ2n) is 6.29. The van der Waals surface area contributed by atoms with E-state index in [0.717, 1.165) is 44.0 Å². The smallest absolute Gasteiger partial charge is 0.231 e. The predicted octanol–water partition coefficient (Wildman–Crippen LogP) is 3.28. The van der Waals surface area contributed by atoms with Crippen LogP contribution in [-0.2, 0) is 6.42 Å². The van der Waals surface area contributed by atoms with E-state index in [0.29, 0.717) is 6.04 Å². The van der Waals surface area contributed by atoms with Crippen molar-refractivity contribution >= 4 is 12.6 Å². The van der Waals surface area contributed by atoms with Gasteiger partial charge in [0.05, 0.1) is 6.61 Å². The van der Waals surface area contributed by atoms with Gasteiger partial charge >= 0.3 is 0 Å². The van der Waals surface area contributed by atoms with Crippen molar-refractivity contribution in [2.45, 2.75) is 32.7 Å². The van der Waals surface area contributed by atoms with E-state index in [9.17, 15) is 0 Å². The Labute approximate surface area is 143 Å². The maximum atomic E-state index is 8.95. The normalized spacial score (nSPS) is 19.5. The van der Waals surface area contributed by atoms with Crippen LogP contribution in [0.3, 0.4) is 0 Å². The van der Waals surface area contributed by atoms with Gasteiger partial charge in [0.1, 0.15) is 11.8 Å². The van der Waals surface area contributed by atoms with E-state index >= 15 is 0 Å². The maximum absolute atomic E-state index is 8.95. The molecule has 1 atom stereocenters. The average Bonchev–Trinajstić information content (AvgIpc) is 3.07. The fraction of sp³-hybridized carbons (Fsp3) is 0.421. The first-order valence-electron chi connectivity index (χ1n) is 8.26. The molecule has 3 rings (SSSR count). The van der Waals surface area contributed by atoms with Crippen molar-refractivity contribution in [1.82, 2.24) is 4.90 Å². The number of ether oxygens (including phenoxy) is 1. The van der Waals surface area contributed by atoms with Crippen molar-refractivity contribution in [3.8, 4) is 11.8 Å². The largest absolute Gasteiger partial charge is 0.493 e. The molecule has 24 heavy (non-hydrogen) atoms. The van der Waals surface area contributed by atoms with E-state index in [1.807, 2.05) is 6.07 Å². The summed E-state index contributed by atoms with van der Waals surface area (Å²) < 4.78 is 5.69. The van der Waals surface area contributed by atoms with Gasteiger partial charge in [-0.25, -0.2) is 9.98 Å². The zero-order valence-corrected chi connectivity index (χ0v) is 14.2. The average molecular weight is 322 g/mol. The SMILES string of the molecule is C=NC(C#N)=NC1=C(C)CN(C(C)c2ccc3c(c2)OCC3)CC1. The highest BCUT2D eigenvalue weighted by Crippen LogP contribution is 2.32. The number of benzene rings is 1. The van der Waals surface area contributed by atoms with Crippen molar-refractivity contribution in [3.05, 3.63) is 40.6 Å². The molecule has 1 aromatic carbocycles. The van der Waals surface area contributed by atoms with Crippen molar-refractivity contribution < 1.29 is 4.74 Å². The second kappa shape index (κ2) is 6.98. The van der Waals surface area contributed by atoms with Crippen LogP contribution in [0.15, 0.2) is 39.5 Å². The third-order valence-corrected chi connectivity index (χ3v) is 4.81. The monoisotopic (exact) mass is 322 g/mol. The molecule has 0 spiro atoms. The number of hydrogen-bond donors (Lipinski definition) is 0. The van der Waals surface area contributed by atoms with Crippen LogP contribution >= 0.6 is 0 Å². The summed E-state index contributed by atoms with van der Waals surface area (Å²) >= 11 is 0. The summed E-state index contributed by atoms with van der Waals surface area (Å²) in [6, 6.07) is 8.85. The Morgan fingerprint density at radius 1 is 1.42 bits per heavy atom. The van der Waals surface area contributed by atoms with E-state index in [2.05, 4.69) is 53.6 Å². The summed E-state index contributed by atoms with van der Waals surface area (Å²) in [6.07, 6.45) is 1.83. The molecule has 5 heteroatoms. The number of aliphatic imine (C=N–C) groups is 2. The van der Waals surface area contributed by atoms with Crippen LogP contribution in [0.5, 0.6) is 5.75 Å². The number of nitrogens with zero attached hydrogens (tertiary/aromatic N) is 4. The quantitative estimate of drug-likeness (QED) is 0.634. The molecular weight excluding hydrogens is 300 g/mol. The zero-order valence-electron chi connectivity index (χ0n) is 14.2. The van der Waals surface area contributed by atoms with Crippen molar-refractivity contribution in [3.63, 3.8) is 0 Å². The van der Waals surface area contributed by atoms with Crippen LogP contribution < -0.4 is 4.74 Å². The van der Waals surface area contributed by atoms with E-state index in [1.54, 1.807) is 0 Å². The van der Waals surface area contributed by atoms with Gasteiger partial charge in [0.15, 0.2) is 0 Å². The van der Waals surface area contributed by atoms with E-state index in [4.69, 9.17) is 10.00 Å². The van der Waals surface area contributed by atoms with Crippen LogP contribution in [0, 0.1) is 11.3 Å². The van der Waals surface area contributed by atoms with Crippen molar-refractivity contribution in [2.75, 3.05) is 19.7 Å². The predicted molar refractivity (Wildman–Crippen MR) is 95.5 cm³/mol. The fourth-order valence-corrected chi connectivity index (χ4v) is 3.30. The molecule has 0 fully saturated rings. The minimum Gasteiger partial charge on any atom is -0.493 e. The van der Waals surface area contributed by atoms with Crippen LogP contribution in [0.1, 0.15) is 37.4 Å². The number of rotatable bonds is 3. The lowest BCUT2D eigenvalue weighted by atomic mass is 10.00. The molecule has 5 nitrogen and oxygen atoms in total. The van der Waals surface area contributed by atoms with Gasteiger partial charge in [0.25, 0.3) is 0 Å².